The quantitative estimate of drug-likeness (QED) is 0.0195. The minimum Gasteiger partial charge on any atom is -0.545 e. The number of hydrogen-bond acceptors (Lipinski definition) is 8. The van der Waals surface area contributed by atoms with Crippen LogP contribution in [0.5, 0.6) is 0 Å². The predicted octanol–water partition coefficient (Wildman–Crippen LogP) is 15.4. The Balaban J connectivity index is 4.14. The SMILES string of the molecule is CC/C=C\C/C=C\C/C=C\C/C=C\C/C=C\C/C=C\C/C=C\C/C=C\C/C=C\CCCCCCCCCCCC(=O)OC(COC(=O)CCCCCCCCCCCC)COC(OCC[N+](C)(C)C)C(=O)[O-]. The van der Waals surface area contributed by atoms with E-state index in [9.17, 15) is 19.5 Å². The molecule has 0 rings (SSSR count). The van der Waals surface area contributed by atoms with E-state index in [-0.39, 0.29) is 38.6 Å². The van der Waals surface area contributed by atoms with Crippen LogP contribution in [0.1, 0.15) is 213 Å². The first-order chi connectivity index (χ1) is 35.1. The van der Waals surface area contributed by atoms with Gasteiger partial charge >= 0.3 is 11.9 Å². The Labute approximate surface area is 441 Å². The van der Waals surface area contributed by atoms with Crippen LogP contribution in [-0.4, -0.2) is 82.3 Å². The molecule has 0 heterocycles. The second kappa shape index (κ2) is 53.2. The van der Waals surface area contributed by atoms with E-state index in [1.165, 1.54) is 77.0 Å². The Morgan fingerprint density at radius 3 is 1.18 bits per heavy atom. The first-order valence-corrected chi connectivity index (χ1v) is 28.5. The molecule has 0 aromatic heterocycles. The van der Waals surface area contributed by atoms with Gasteiger partial charge in [-0.2, -0.15) is 0 Å². The van der Waals surface area contributed by atoms with E-state index in [1.807, 2.05) is 21.1 Å². The normalized spacial score (nSPS) is 13.6. The Kier molecular flexibility index (Phi) is 50.3. The number of likely N-dealkylation sites (N-methyl/N-ethyl adjacent to an activating group) is 1. The largest absolute Gasteiger partial charge is 0.545 e. The van der Waals surface area contributed by atoms with Crippen molar-refractivity contribution in [2.45, 2.75) is 225 Å². The molecular formula is C63H105NO8. The number of carboxylic acids is 1. The Hall–Kier alpha value is -4.05. The fourth-order valence-corrected chi connectivity index (χ4v) is 7.41. The van der Waals surface area contributed by atoms with Crippen molar-refractivity contribution >= 4 is 17.9 Å². The van der Waals surface area contributed by atoms with Crippen molar-refractivity contribution in [3.05, 3.63) is 109 Å². The molecule has 0 aliphatic carbocycles. The highest BCUT2D eigenvalue weighted by Gasteiger charge is 2.22. The maximum absolute atomic E-state index is 12.8. The predicted molar refractivity (Wildman–Crippen MR) is 301 cm³/mol. The summed E-state index contributed by atoms with van der Waals surface area (Å²) in [5.41, 5.74) is 0. The molecule has 0 fully saturated rings. The van der Waals surface area contributed by atoms with E-state index in [2.05, 4.69) is 123 Å². The first-order valence-electron chi connectivity index (χ1n) is 28.5. The van der Waals surface area contributed by atoms with Gasteiger partial charge in [-0.3, -0.25) is 9.59 Å². The molecule has 0 amide bonds. The summed E-state index contributed by atoms with van der Waals surface area (Å²) in [5.74, 6) is -2.30. The van der Waals surface area contributed by atoms with Crippen LogP contribution < -0.4 is 5.11 Å². The molecule has 0 spiro atoms. The maximum Gasteiger partial charge on any atom is 0.306 e. The molecule has 0 aromatic rings. The van der Waals surface area contributed by atoms with Crippen molar-refractivity contribution in [1.29, 1.82) is 0 Å². The van der Waals surface area contributed by atoms with E-state index in [4.69, 9.17) is 18.9 Å². The summed E-state index contributed by atoms with van der Waals surface area (Å²) in [6, 6.07) is 0. The lowest BCUT2D eigenvalue weighted by atomic mass is 10.1. The lowest BCUT2D eigenvalue weighted by Crippen LogP contribution is -2.44. The van der Waals surface area contributed by atoms with Gasteiger partial charge in [0.15, 0.2) is 12.4 Å². The summed E-state index contributed by atoms with van der Waals surface area (Å²) in [7, 11) is 5.91. The molecular weight excluding hydrogens is 899 g/mol. The number of aliphatic carboxylic acids is 1. The van der Waals surface area contributed by atoms with Crippen LogP contribution in [-0.2, 0) is 33.3 Å². The van der Waals surface area contributed by atoms with Crippen LogP contribution >= 0.6 is 0 Å². The van der Waals surface area contributed by atoms with E-state index in [1.54, 1.807) is 0 Å². The second-order valence-electron chi connectivity index (χ2n) is 19.9. The van der Waals surface area contributed by atoms with Crippen molar-refractivity contribution in [2.75, 3.05) is 47.5 Å². The minimum absolute atomic E-state index is 0.143. The van der Waals surface area contributed by atoms with E-state index in [0.29, 0.717) is 17.4 Å². The van der Waals surface area contributed by atoms with Crippen LogP contribution in [0.15, 0.2) is 109 Å². The Bertz CT molecular complexity index is 1540. The van der Waals surface area contributed by atoms with Gasteiger partial charge < -0.3 is 33.3 Å². The van der Waals surface area contributed by atoms with Crippen LogP contribution in [0.25, 0.3) is 0 Å². The minimum atomic E-state index is -1.63. The van der Waals surface area contributed by atoms with Crippen molar-refractivity contribution in [3.8, 4) is 0 Å². The molecule has 0 bridgehead atoms. The van der Waals surface area contributed by atoms with Crippen molar-refractivity contribution in [1.82, 2.24) is 0 Å². The first kappa shape index (κ1) is 68.0. The van der Waals surface area contributed by atoms with Gasteiger partial charge in [0.25, 0.3) is 0 Å². The van der Waals surface area contributed by atoms with Crippen LogP contribution in [0.4, 0.5) is 0 Å². The zero-order chi connectivity index (χ0) is 52.7. The summed E-state index contributed by atoms with van der Waals surface area (Å²) < 4.78 is 22.6. The van der Waals surface area contributed by atoms with Crippen molar-refractivity contribution in [2.24, 2.45) is 0 Å². The fourth-order valence-electron chi connectivity index (χ4n) is 7.41. The summed E-state index contributed by atoms with van der Waals surface area (Å²) in [5, 5.41) is 11.7. The molecule has 0 saturated heterocycles. The molecule has 0 N–H and O–H groups in total. The third kappa shape index (κ3) is 53.7. The fraction of sp³-hybridized carbons (Fsp3) is 0.667. The lowest BCUT2D eigenvalue weighted by Gasteiger charge is -2.26. The molecule has 410 valence electrons. The number of nitrogens with zero attached hydrogens (tertiary/aromatic N) is 1. The number of carbonyl (C=O) groups excluding carboxylic acids is 3. The summed E-state index contributed by atoms with van der Waals surface area (Å²) in [4.78, 5) is 37.1. The van der Waals surface area contributed by atoms with Gasteiger partial charge in [-0.25, -0.2) is 0 Å². The van der Waals surface area contributed by atoms with Gasteiger partial charge in [-0.1, -0.05) is 226 Å². The van der Waals surface area contributed by atoms with Crippen LogP contribution in [0, 0.1) is 0 Å². The Morgan fingerprint density at radius 2 is 0.792 bits per heavy atom. The average molecular weight is 1000 g/mol. The average Bonchev–Trinajstić information content (AvgIpc) is 3.35. The van der Waals surface area contributed by atoms with Gasteiger partial charge in [0.1, 0.15) is 13.2 Å². The number of esters is 2. The molecule has 0 saturated carbocycles. The van der Waals surface area contributed by atoms with E-state index < -0.39 is 24.3 Å². The second-order valence-corrected chi connectivity index (χ2v) is 19.9. The number of hydrogen-bond donors (Lipinski definition) is 0. The monoisotopic (exact) mass is 1000 g/mol. The number of carboxylic acid groups (broad SMARTS) is 1. The number of quaternary nitrogens is 1. The molecule has 0 radical (unpaired) electrons. The van der Waals surface area contributed by atoms with Crippen molar-refractivity contribution in [3.63, 3.8) is 0 Å². The lowest BCUT2D eigenvalue weighted by molar-refractivity contribution is -0.870. The topological polar surface area (TPSA) is 111 Å². The molecule has 2 atom stereocenters. The third-order valence-corrected chi connectivity index (χ3v) is 11.8. The summed E-state index contributed by atoms with van der Waals surface area (Å²) in [6.07, 6.45) is 70.1. The highest BCUT2D eigenvalue weighted by Crippen LogP contribution is 2.15. The maximum atomic E-state index is 12.8. The highest BCUT2D eigenvalue weighted by atomic mass is 16.7. The number of ether oxygens (including phenoxy) is 4. The van der Waals surface area contributed by atoms with Gasteiger partial charge in [-0.15, -0.1) is 0 Å². The smallest absolute Gasteiger partial charge is 0.306 e. The summed E-state index contributed by atoms with van der Waals surface area (Å²) in [6.45, 7) is 4.59. The third-order valence-electron chi connectivity index (χ3n) is 11.8. The summed E-state index contributed by atoms with van der Waals surface area (Å²) >= 11 is 0. The van der Waals surface area contributed by atoms with Crippen molar-refractivity contribution < 1.29 is 42.9 Å². The number of unbranched alkanes of at least 4 members (excludes halogenated alkanes) is 18. The zero-order valence-electron chi connectivity index (χ0n) is 46.5. The zero-order valence-corrected chi connectivity index (χ0v) is 46.5. The molecule has 0 aromatic carbocycles. The van der Waals surface area contributed by atoms with E-state index >= 15 is 0 Å². The van der Waals surface area contributed by atoms with Gasteiger partial charge in [0.05, 0.1) is 40.3 Å². The molecule has 72 heavy (non-hydrogen) atoms. The Morgan fingerprint density at radius 1 is 0.431 bits per heavy atom. The molecule has 9 heteroatoms. The van der Waals surface area contributed by atoms with Gasteiger partial charge in [-0.05, 0) is 83.5 Å². The molecule has 9 nitrogen and oxygen atoms in total. The number of allylic oxidation sites excluding steroid dienone is 18. The standard InChI is InChI=1S/C63H105NO8/c1-6-8-10-12-14-16-18-19-20-21-22-23-24-25-26-27-28-29-30-31-32-33-34-35-36-37-38-39-40-41-42-43-44-46-48-50-52-54-61(66)72-59(58-71-63(62(67)68)69-56-55-64(3,4)5)57-70-60(65)53-51-49-47-45-17-15-13-11-9-7-2/h8,10,14,16,19-20,22-23,25-26,28-29,31-32,34-35,37-38,59,63H,6-7,9,11-13,15,17-18,21,24,27,30,33,36,39-58H2,1-5H3/b10-8-,16-14-,20-19-,23-22-,26-25-,29-28-,32-31-,35-34-,38-37-. The van der Waals surface area contributed by atoms with Gasteiger partial charge in [0.2, 0.25) is 0 Å². The van der Waals surface area contributed by atoms with Crippen LogP contribution in [0.2, 0.25) is 0 Å². The number of rotatable bonds is 51. The molecule has 0 aliphatic rings. The van der Waals surface area contributed by atoms with E-state index in [0.717, 1.165) is 103 Å². The van der Waals surface area contributed by atoms with Crippen LogP contribution in [0.3, 0.4) is 0 Å². The molecule has 0 aliphatic heterocycles. The molecule has 2 unspecified atom stereocenters. The van der Waals surface area contributed by atoms with Gasteiger partial charge in [0, 0.05) is 12.8 Å². The number of carbonyl (C=O) groups is 3. The highest BCUT2D eigenvalue weighted by molar-refractivity contribution is 5.70.